The number of benzene rings is 1. The Bertz CT molecular complexity index is 1390. The van der Waals surface area contributed by atoms with Gasteiger partial charge in [-0.25, -0.2) is 4.79 Å². The third-order valence-electron chi connectivity index (χ3n) is 12.7. The maximum atomic E-state index is 14.2. The van der Waals surface area contributed by atoms with Crippen LogP contribution in [0.15, 0.2) is 30.3 Å². The highest BCUT2D eigenvalue weighted by atomic mass is 16.6. The third-order valence-corrected chi connectivity index (χ3v) is 12.7. The molecule has 368 valence electrons. The van der Waals surface area contributed by atoms with Gasteiger partial charge in [0.15, 0.2) is 5.78 Å². The topological polar surface area (TPSA) is 201 Å². The monoisotopic (exact) mass is 903 g/mol. The number of nitrogens with one attached hydrogen (secondary N) is 2. The van der Waals surface area contributed by atoms with Gasteiger partial charge < -0.3 is 40.3 Å². The molecule has 0 bridgehead atoms. The largest absolute Gasteiger partial charge is 0.445 e. The molecule has 1 fully saturated rings. The standard InChI is InChI=1S/C51H90N4O9/c1-4-6-8-10-12-14-16-18-19-20-21-23-25-27-32-36-45(58)55(37-33-28-26-24-22-17-15-13-11-9-7-5-2)51(52)46(49(61)48(60)43(39-56)64-51)47(59)41(3)54-44(57)38-53-50(62)63-40-42-34-30-29-31-35-42/h29-31,34-35,41,43,46,48-49,56,60-61H,4-28,32-33,36-40,52H2,1-3H3,(H,53,62)(H,54,57)/t41-,43+,46+,48+,49+,51-/m0/s1. The van der Waals surface area contributed by atoms with Gasteiger partial charge in [-0.15, -0.1) is 0 Å². The number of nitrogens with two attached hydrogens (primary N) is 1. The molecule has 0 saturated carbocycles. The van der Waals surface area contributed by atoms with Gasteiger partial charge in [0.2, 0.25) is 17.7 Å². The van der Waals surface area contributed by atoms with Crippen molar-refractivity contribution in [2.75, 3.05) is 19.7 Å². The van der Waals surface area contributed by atoms with Crippen molar-refractivity contribution >= 4 is 23.7 Å². The van der Waals surface area contributed by atoms with Gasteiger partial charge in [-0.3, -0.25) is 20.1 Å². The van der Waals surface area contributed by atoms with Gasteiger partial charge in [0.05, 0.1) is 18.8 Å². The molecule has 64 heavy (non-hydrogen) atoms. The van der Waals surface area contributed by atoms with Crippen molar-refractivity contribution < 1.29 is 44.0 Å². The van der Waals surface area contributed by atoms with Crippen molar-refractivity contribution in [2.45, 2.75) is 237 Å². The average molecular weight is 903 g/mol. The lowest BCUT2D eigenvalue weighted by atomic mass is 9.80. The summed E-state index contributed by atoms with van der Waals surface area (Å²) in [4.78, 5) is 55.0. The lowest BCUT2D eigenvalue weighted by molar-refractivity contribution is -0.291. The summed E-state index contributed by atoms with van der Waals surface area (Å²) >= 11 is 0. The number of Topliss-reactive ketones (excluding diaryl/α,β-unsaturated/α-hetero) is 1. The SMILES string of the molecule is CCCCCCCCCCCCCCCCCC(=O)N(CCCCCCCCCCCCCC)[C@]1(N)O[C@H](CO)[C@@H](O)[C@H](O)[C@H]1C(=O)[C@H](C)NC(=O)CNC(=O)OCc1ccccc1. The van der Waals surface area contributed by atoms with Crippen LogP contribution in [0.2, 0.25) is 0 Å². The number of aliphatic hydroxyl groups is 3. The molecule has 7 N–H and O–H groups in total. The zero-order valence-electron chi connectivity index (χ0n) is 40.2. The van der Waals surface area contributed by atoms with Gasteiger partial charge in [0.1, 0.15) is 31.3 Å². The van der Waals surface area contributed by atoms with Gasteiger partial charge in [-0.1, -0.05) is 205 Å². The summed E-state index contributed by atoms with van der Waals surface area (Å²) in [7, 11) is 0. The average Bonchev–Trinajstić information content (AvgIpc) is 3.29. The van der Waals surface area contributed by atoms with Gasteiger partial charge >= 0.3 is 6.09 Å². The number of carbonyl (C=O) groups is 4. The Kier molecular flexibility index (Phi) is 31.3. The normalized spacial score (nSPS) is 20.1. The molecule has 0 unspecified atom stereocenters. The number of ether oxygens (including phenoxy) is 2. The second kappa shape index (κ2) is 35.1. The quantitative estimate of drug-likeness (QED) is 0.0275. The number of nitrogens with zero attached hydrogens (tertiary/aromatic N) is 1. The zero-order valence-corrected chi connectivity index (χ0v) is 40.2. The van der Waals surface area contributed by atoms with Crippen LogP contribution < -0.4 is 16.4 Å². The Morgan fingerprint density at radius 3 is 1.62 bits per heavy atom. The van der Waals surface area contributed by atoms with Crippen LogP contribution in [0.3, 0.4) is 0 Å². The predicted octanol–water partition coefficient (Wildman–Crippen LogP) is 9.12. The van der Waals surface area contributed by atoms with E-state index in [-0.39, 0.29) is 25.5 Å². The number of hydrogen-bond acceptors (Lipinski definition) is 10. The summed E-state index contributed by atoms with van der Waals surface area (Å²) < 4.78 is 11.3. The summed E-state index contributed by atoms with van der Waals surface area (Å²) in [5.41, 5.74) is 7.78. The fourth-order valence-electron chi connectivity index (χ4n) is 8.74. The highest BCUT2D eigenvalue weighted by Crippen LogP contribution is 2.36. The first kappa shape index (κ1) is 57.0. The van der Waals surface area contributed by atoms with Crippen LogP contribution in [0.4, 0.5) is 4.79 Å². The van der Waals surface area contributed by atoms with Gasteiger partial charge in [0, 0.05) is 13.0 Å². The molecule has 0 spiro atoms. The van der Waals surface area contributed by atoms with Crippen molar-refractivity contribution in [3.8, 4) is 0 Å². The van der Waals surface area contributed by atoms with E-state index < -0.39 is 67.1 Å². The number of aliphatic hydroxyl groups excluding tert-OH is 3. The second-order valence-electron chi connectivity index (χ2n) is 18.3. The first-order valence-corrected chi connectivity index (χ1v) is 25.5. The molecule has 3 amide bonds. The van der Waals surface area contributed by atoms with Crippen molar-refractivity contribution in [3.63, 3.8) is 0 Å². The second-order valence-corrected chi connectivity index (χ2v) is 18.3. The van der Waals surface area contributed by atoms with Crippen LogP contribution >= 0.6 is 0 Å². The number of alkyl carbamates (subject to hydrolysis) is 1. The predicted molar refractivity (Wildman–Crippen MR) is 254 cm³/mol. The number of hydrogen-bond donors (Lipinski definition) is 6. The highest BCUT2D eigenvalue weighted by molar-refractivity contribution is 5.93. The van der Waals surface area contributed by atoms with Crippen LogP contribution in [-0.2, 0) is 30.5 Å². The molecular weight excluding hydrogens is 813 g/mol. The molecule has 6 atom stereocenters. The summed E-state index contributed by atoms with van der Waals surface area (Å²) in [6, 6.07) is 7.78. The van der Waals surface area contributed by atoms with Crippen molar-refractivity contribution in [1.29, 1.82) is 0 Å². The van der Waals surface area contributed by atoms with Crippen molar-refractivity contribution in [3.05, 3.63) is 35.9 Å². The minimum absolute atomic E-state index is 0.00636. The van der Waals surface area contributed by atoms with E-state index in [1.165, 1.54) is 127 Å². The van der Waals surface area contributed by atoms with Gasteiger partial charge in [0.25, 0.3) is 0 Å². The molecule has 2 rings (SSSR count). The molecule has 0 aliphatic carbocycles. The molecule has 1 aromatic rings. The highest BCUT2D eigenvalue weighted by Gasteiger charge is 2.59. The molecule has 0 radical (unpaired) electrons. The summed E-state index contributed by atoms with van der Waals surface area (Å²) in [6.07, 6.45) is 25.7. The fraction of sp³-hybridized carbons (Fsp3) is 0.804. The first-order chi connectivity index (χ1) is 31.0. The van der Waals surface area contributed by atoms with E-state index in [2.05, 4.69) is 24.5 Å². The van der Waals surface area contributed by atoms with Crippen LogP contribution in [0.1, 0.15) is 206 Å². The molecule has 13 nitrogen and oxygen atoms in total. The first-order valence-electron chi connectivity index (χ1n) is 25.5. The smallest absolute Gasteiger partial charge is 0.407 e. The zero-order chi connectivity index (χ0) is 46.8. The molecule has 1 aliphatic rings. The Labute approximate surface area is 386 Å². The van der Waals surface area contributed by atoms with E-state index in [0.29, 0.717) is 12.8 Å². The third kappa shape index (κ3) is 22.9. The molecule has 13 heteroatoms. The molecule has 1 aliphatic heterocycles. The Morgan fingerprint density at radius 1 is 0.703 bits per heavy atom. The van der Waals surface area contributed by atoms with E-state index >= 15 is 0 Å². The lowest BCUT2D eigenvalue weighted by Crippen LogP contribution is -2.76. The number of carbonyl (C=O) groups excluding carboxylic acids is 4. The number of ketones is 1. The lowest BCUT2D eigenvalue weighted by Gasteiger charge is -2.53. The van der Waals surface area contributed by atoms with Crippen LogP contribution in [0.25, 0.3) is 0 Å². The molecule has 1 aromatic carbocycles. The summed E-state index contributed by atoms with van der Waals surface area (Å²) in [5, 5.41) is 37.6. The molecule has 0 aromatic heterocycles. The molecular formula is C51H90N4O9. The van der Waals surface area contributed by atoms with Crippen LogP contribution in [0.5, 0.6) is 0 Å². The van der Waals surface area contributed by atoms with Crippen LogP contribution in [0, 0.1) is 5.92 Å². The fourth-order valence-corrected chi connectivity index (χ4v) is 8.74. The van der Waals surface area contributed by atoms with Gasteiger partial charge in [-0.2, -0.15) is 0 Å². The Morgan fingerprint density at radius 2 is 1.16 bits per heavy atom. The maximum Gasteiger partial charge on any atom is 0.407 e. The van der Waals surface area contributed by atoms with E-state index in [1.54, 1.807) is 12.1 Å². The number of amides is 3. The van der Waals surface area contributed by atoms with Crippen LogP contribution in [-0.4, -0.2) is 93.8 Å². The number of rotatable bonds is 38. The number of unbranched alkanes of at least 4 members (excludes halogenated alkanes) is 25. The van der Waals surface area contributed by atoms with E-state index in [0.717, 1.165) is 50.5 Å². The van der Waals surface area contributed by atoms with Crippen molar-refractivity contribution in [2.24, 2.45) is 11.7 Å². The minimum atomic E-state index is -2.23. The molecule has 1 saturated heterocycles. The van der Waals surface area contributed by atoms with E-state index in [1.807, 2.05) is 18.2 Å². The van der Waals surface area contributed by atoms with Crippen molar-refractivity contribution in [1.82, 2.24) is 15.5 Å². The van der Waals surface area contributed by atoms with E-state index in [9.17, 15) is 34.5 Å². The maximum absolute atomic E-state index is 14.2. The molecule has 1 heterocycles. The van der Waals surface area contributed by atoms with E-state index in [4.69, 9.17) is 15.2 Å². The summed E-state index contributed by atoms with van der Waals surface area (Å²) in [5.74, 6) is -5.73. The minimum Gasteiger partial charge on any atom is -0.445 e. The van der Waals surface area contributed by atoms with Gasteiger partial charge in [-0.05, 0) is 25.3 Å². The Hall–Kier alpha value is -3.10. The summed E-state index contributed by atoms with van der Waals surface area (Å²) in [6.45, 7) is 4.82. The Balaban J connectivity index is 2.04.